The number of benzene rings is 1. The highest BCUT2D eigenvalue weighted by Crippen LogP contribution is 2.48. The van der Waals surface area contributed by atoms with Gasteiger partial charge < -0.3 is 14.8 Å². The molecule has 5 nitrogen and oxygen atoms in total. The Morgan fingerprint density at radius 3 is 3.00 bits per heavy atom. The minimum Gasteiger partial charge on any atom is -0.454 e. The summed E-state index contributed by atoms with van der Waals surface area (Å²) in [7, 11) is 0. The van der Waals surface area contributed by atoms with Crippen molar-refractivity contribution in [3.63, 3.8) is 0 Å². The van der Waals surface area contributed by atoms with E-state index in [0.29, 0.717) is 24.3 Å². The van der Waals surface area contributed by atoms with Gasteiger partial charge in [-0.2, -0.15) is 0 Å². The molecule has 1 aliphatic carbocycles. The highest BCUT2D eigenvalue weighted by Gasteiger charge is 2.40. The van der Waals surface area contributed by atoms with Crippen molar-refractivity contribution >= 4 is 22.9 Å². The van der Waals surface area contributed by atoms with E-state index in [4.69, 9.17) is 9.47 Å². The van der Waals surface area contributed by atoms with Crippen molar-refractivity contribution in [1.29, 1.82) is 0 Å². The van der Waals surface area contributed by atoms with Gasteiger partial charge in [0.15, 0.2) is 11.5 Å². The molecule has 3 aliphatic rings. The van der Waals surface area contributed by atoms with Crippen LogP contribution in [0.5, 0.6) is 11.5 Å². The first-order valence-electron chi connectivity index (χ1n) is 8.78. The molecule has 6 heteroatoms. The molecule has 0 spiro atoms. The van der Waals surface area contributed by atoms with E-state index in [1.165, 1.54) is 23.3 Å². The maximum Gasteiger partial charge on any atom is 0.238 e. The lowest BCUT2D eigenvalue weighted by atomic mass is 9.96. The number of thiophene rings is 1. The normalized spacial score (nSPS) is 21.8. The van der Waals surface area contributed by atoms with Crippen LogP contribution in [0.15, 0.2) is 29.6 Å². The van der Waals surface area contributed by atoms with Gasteiger partial charge >= 0.3 is 0 Å². The maximum absolute atomic E-state index is 12.6. The predicted octanol–water partition coefficient (Wildman–Crippen LogP) is 3.42. The van der Waals surface area contributed by atoms with Gasteiger partial charge in [-0.3, -0.25) is 9.69 Å². The van der Waals surface area contributed by atoms with Gasteiger partial charge in [-0.05, 0) is 54.3 Å². The molecule has 1 N–H and O–H groups in total. The lowest BCUT2D eigenvalue weighted by Crippen LogP contribution is -2.41. The van der Waals surface area contributed by atoms with Gasteiger partial charge in [-0.1, -0.05) is 0 Å². The Bertz CT molecular complexity index is 815. The minimum absolute atomic E-state index is 0.0307. The number of nitrogens with zero attached hydrogens (tertiary/aromatic N) is 1. The summed E-state index contributed by atoms with van der Waals surface area (Å²) >= 11 is 1.86. The number of fused-ring (bicyclic) bond motifs is 2. The average Bonchev–Trinajstić information content (AvgIpc) is 3.14. The molecule has 5 rings (SSSR count). The topological polar surface area (TPSA) is 50.8 Å². The second-order valence-corrected chi connectivity index (χ2v) is 7.92. The van der Waals surface area contributed by atoms with Crippen LogP contribution in [0.4, 0.5) is 5.69 Å². The third-order valence-electron chi connectivity index (χ3n) is 5.19. The molecule has 3 heterocycles. The van der Waals surface area contributed by atoms with Gasteiger partial charge in [0, 0.05) is 29.2 Å². The second kappa shape index (κ2) is 6.04. The highest BCUT2D eigenvalue weighted by molar-refractivity contribution is 7.10. The lowest BCUT2D eigenvalue weighted by Gasteiger charge is -2.35. The molecular formula is C19H20N2O3S. The van der Waals surface area contributed by atoms with Crippen LogP contribution in [0.3, 0.4) is 0 Å². The number of anilines is 1. The van der Waals surface area contributed by atoms with Crippen molar-refractivity contribution in [3.05, 3.63) is 40.1 Å². The molecule has 0 unspecified atom stereocenters. The molecule has 1 atom stereocenters. The number of carbonyl (C=O) groups excluding carboxylic acids is 1. The predicted molar refractivity (Wildman–Crippen MR) is 96.3 cm³/mol. The third-order valence-corrected chi connectivity index (χ3v) is 6.19. The Balaban J connectivity index is 1.29. The number of hydrogen-bond acceptors (Lipinski definition) is 5. The first kappa shape index (κ1) is 15.2. The summed E-state index contributed by atoms with van der Waals surface area (Å²) in [6, 6.07) is 8.19. The summed E-state index contributed by atoms with van der Waals surface area (Å²) in [5, 5.41) is 5.19. The van der Waals surface area contributed by atoms with E-state index in [2.05, 4.69) is 21.7 Å². The first-order valence-corrected chi connectivity index (χ1v) is 9.66. The van der Waals surface area contributed by atoms with Crippen LogP contribution in [0, 0.1) is 5.92 Å². The lowest BCUT2D eigenvalue weighted by molar-refractivity contribution is -0.118. The molecule has 1 amide bonds. The second-order valence-electron chi connectivity index (χ2n) is 6.92. The molecule has 1 fully saturated rings. The van der Waals surface area contributed by atoms with E-state index >= 15 is 0 Å². The molecule has 1 aromatic heterocycles. The standard InChI is InChI=1S/C19H20N2O3S/c22-18(20-13-3-4-15-16(9-13)24-11-23-15)10-21-7-5-17-14(6-8-25-17)19(21)12-1-2-12/h3-4,6,8-9,12,19H,1-2,5,7,10-11H2,(H,20,22)/t19-/m0/s1. The van der Waals surface area contributed by atoms with Gasteiger partial charge in [-0.15, -0.1) is 11.3 Å². The van der Waals surface area contributed by atoms with Crippen molar-refractivity contribution in [3.8, 4) is 11.5 Å². The largest absolute Gasteiger partial charge is 0.454 e. The van der Waals surface area contributed by atoms with Crippen LogP contribution in [-0.2, 0) is 11.2 Å². The van der Waals surface area contributed by atoms with Crippen molar-refractivity contribution < 1.29 is 14.3 Å². The van der Waals surface area contributed by atoms with Gasteiger partial charge in [0.1, 0.15) is 0 Å². The Morgan fingerprint density at radius 1 is 1.24 bits per heavy atom. The molecule has 0 radical (unpaired) electrons. The number of carbonyl (C=O) groups is 1. The van der Waals surface area contributed by atoms with Gasteiger partial charge in [0.05, 0.1) is 6.54 Å². The molecule has 1 saturated carbocycles. The Hall–Kier alpha value is -2.05. The van der Waals surface area contributed by atoms with E-state index in [-0.39, 0.29) is 12.7 Å². The molecule has 0 saturated heterocycles. The van der Waals surface area contributed by atoms with Crippen LogP contribution < -0.4 is 14.8 Å². The summed E-state index contributed by atoms with van der Waals surface area (Å²) in [5.41, 5.74) is 2.21. The molecule has 25 heavy (non-hydrogen) atoms. The number of hydrogen-bond donors (Lipinski definition) is 1. The Labute approximate surface area is 150 Å². The van der Waals surface area contributed by atoms with Crippen molar-refractivity contribution in [1.82, 2.24) is 4.90 Å². The summed E-state index contributed by atoms with van der Waals surface area (Å²) in [6.07, 6.45) is 3.61. The summed E-state index contributed by atoms with van der Waals surface area (Å²) in [5.74, 6) is 2.16. The molecule has 1 aromatic carbocycles. The summed E-state index contributed by atoms with van der Waals surface area (Å²) in [4.78, 5) is 16.5. The quantitative estimate of drug-likeness (QED) is 0.912. The molecular weight excluding hydrogens is 336 g/mol. The fraction of sp³-hybridized carbons (Fsp3) is 0.421. The minimum atomic E-state index is 0.0307. The van der Waals surface area contributed by atoms with Crippen LogP contribution in [0.25, 0.3) is 0 Å². The number of amides is 1. The van der Waals surface area contributed by atoms with Gasteiger partial charge in [0.25, 0.3) is 0 Å². The summed E-state index contributed by atoms with van der Waals surface area (Å²) < 4.78 is 10.7. The van der Waals surface area contributed by atoms with Gasteiger partial charge in [-0.25, -0.2) is 0 Å². The maximum atomic E-state index is 12.6. The fourth-order valence-corrected chi connectivity index (χ4v) is 4.81. The van der Waals surface area contributed by atoms with Crippen LogP contribution in [-0.4, -0.2) is 30.7 Å². The van der Waals surface area contributed by atoms with E-state index < -0.39 is 0 Å². The van der Waals surface area contributed by atoms with Crippen molar-refractivity contribution in [2.45, 2.75) is 25.3 Å². The zero-order valence-electron chi connectivity index (χ0n) is 13.9. The van der Waals surface area contributed by atoms with Gasteiger partial charge in [0.2, 0.25) is 12.7 Å². The summed E-state index contributed by atoms with van der Waals surface area (Å²) in [6.45, 7) is 1.64. The zero-order chi connectivity index (χ0) is 16.8. The number of rotatable bonds is 4. The van der Waals surface area contributed by atoms with Crippen LogP contribution in [0.1, 0.15) is 29.3 Å². The molecule has 0 bridgehead atoms. The monoisotopic (exact) mass is 356 g/mol. The molecule has 130 valence electrons. The third kappa shape index (κ3) is 2.89. The van der Waals surface area contributed by atoms with Crippen LogP contribution in [0.2, 0.25) is 0 Å². The van der Waals surface area contributed by atoms with E-state index in [9.17, 15) is 4.79 Å². The van der Waals surface area contributed by atoms with E-state index in [1.54, 1.807) is 0 Å². The van der Waals surface area contributed by atoms with Crippen molar-refractivity contribution in [2.24, 2.45) is 5.92 Å². The Kier molecular flexibility index (Phi) is 3.68. The van der Waals surface area contributed by atoms with Crippen LogP contribution >= 0.6 is 11.3 Å². The first-order chi connectivity index (χ1) is 12.3. The average molecular weight is 356 g/mol. The molecule has 2 aliphatic heterocycles. The highest BCUT2D eigenvalue weighted by atomic mass is 32.1. The smallest absolute Gasteiger partial charge is 0.238 e. The molecule has 2 aromatic rings. The fourth-order valence-electron chi connectivity index (χ4n) is 3.90. The zero-order valence-corrected chi connectivity index (χ0v) is 14.7. The van der Waals surface area contributed by atoms with E-state index in [0.717, 1.165) is 24.4 Å². The number of nitrogens with one attached hydrogen (secondary N) is 1. The van der Waals surface area contributed by atoms with Crippen molar-refractivity contribution in [2.75, 3.05) is 25.2 Å². The van der Waals surface area contributed by atoms with E-state index in [1.807, 2.05) is 29.5 Å². The SMILES string of the molecule is O=C(CN1CCc2sccc2[C@@H]1C1CC1)Nc1ccc2c(c1)OCO2. The number of ether oxygens (including phenoxy) is 2. The Morgan fingerprint density at radius 2 is 2.12 bits per heavy atom.